The molecule has 0 N–H and O–H groups in total. The summed E-state index contributed by atoms with van der Waals surface area (Å²) in [6.45, 7) is 4.89. The van der Waals surface area contributed by atoms with Crippen molar-refractivity contribution in [2.75, 3.05) is 0 Å². The largest absolute Gasteiger partial charge is 0.208 e. The molecule has 4 bridgehead atoms. The molecule has 5 nitrogen and oxygen atoms in total. The highest BCUT2D eigenvalue weighted by molar-refractivity contribution is 7.03. The minimum absolute atomic E-state index is 0.0471. The van der Waals surface area contributed by atoms with Crippen LogP contribution in [0.2, 0.25) is 13.1 Å². The highest BCUT2D eigenvalue weighted by atomic mass is 28.3. The van der Waals surface area contributed by atoms with Gasteiger partial charge in [0.2, 0.25) is 0 Å². The van der Waals surface area contributed by atoms with E-state index in [1.807, 2.05) is 36.4 Å². The van der Waals surface area contributed by atoms with Gasteiger partial charge in [-0.15, -0.1) is 0 Å². The van der Waals surface area contributed by atoms with Crippen LogP contribution in [-0.2, 0) is 10.8 Å². The molecular formula is C51H41N5Si. The molecule has 2 unspecified atom stereocenters. The van der Waals surface area contributed by atoms with Crippen molar-refractivity contribution < 1.29 is 0 Å². The Morgan fingerprint density at radius 1 is 0.561 bits per heavy atom. The van der Waals surface area contributed by atoms with Crippen molar-refractivity contribution in [3.63, 3.8) is 0 Å². The second kappa shape index (κ2) is 12.4. The quantitative estimate of drug-likeness (QED) is 0.164. The number of hydrogen-bond acceptors (Lipinski definition) is 5. The van der Waals surface area contributed by atoms with E-state index in [9.17, 15) is 10.5 Å². The molecule has 2 atom stereocenters. The zero-order valence-corrected chi connectivity index (χ0v) is 33.3. The molecule has 6 heteroatoms. The van der Waals surface area contributed by atoms with Gasteiger partial charge in [-0.25, -0.2) is 15.0 Å². The molecule has 4 saturated carbocycles. The van der Waals surface area contributed by atoms with E-state index in [1.54, 1.807) is 0 Å². The summed E-state index contributed by atoms with van der Waals surface area (Å²) >= 11 is 0. The molecule has 274 valence electrons. The fraction of sp³-hybridized carbons (Fsp3) is 0.235. The maximum atomic E-state index is 10.0. The zero-order chi connectivity index (χ0) is 38.5. The number of fused-ring (bicyclic) bond motifs is 4. The van der Waals surface area contributed by atoms with Crippen LogP contribution >= 0.6 is 0 Å². The Bertz CT molecular complexity index is 2870. The third kappa shape index (κ3) is 5.21. The number of rotatable bonds is 5. The Morgan fingerprint density at radius 2 is 1.19 bits per heavy atom. The minimum atomic E-state index is -1.88. The van der Waals surface area contributed by atoms with Crippen LogP contribution < -0.4 is 10.4 Å². The predicted molar refractivity (Wildman–Crippen MR) is 230 cm³/mol. The van der Waals surface area contributed by atoms with Gasteiger partial charge in [-0.3, -0.25) is 0 Å². The third-order valence-corrected chi connectivity index (χ3v) is 17.7. The number of nitrogens with zero attached hydrogens (tertiary/aromatic N) is 5. The van der Waals surface area contributed by atoms with Crippen LogP contribution in [0.1, 0.15) is 60.8 Å². The standard InChI is InChI=1S/C51H41N5Si/c1-57(2)45-11-7-6-10-41(45)42-20-15-37(24-46(42)57)49-55-47(35-8-4-3-5-9-35)54-48(56-49)36-13-17-39(18-14-36)50-25-33-22-34(26-50)28-51(27-33,31-50)44-21-16-38(30-53)43-23-32(29-52)12-19-40(43)44/h3-21,23-24,33-34H,22,25-28,31H2,1-2H3. The zero-order valence-electron chi connectivity index (χ0n) is 32.3. The molecular weight excluding hydrogens is 711 g/mol. The first kappa shape index (κ1) is 34.1. The van der Waals surface area contributed by atoms with Gasteiger partial charge < -0.3 is 0 Å². The van der Waals surface area contributed by atoms with Crippen LogP contribution in [0.3, 0.4) is 0 Å². The summed E-state index contributed by atoms with van der Waals surface area (Å²) in [7, 11) is -1.88. The van der Waals surface area contributed by atoms with E-state index in [4.69, 9.17) is 15.0 Å². The van der Waals surface area contributed by atoms with Gasteiger partial charge in [0.25, 0.3) is 0 Å². The number of nitriles is 2. The van der Waals surface area contributed by atoms with Crippen molar-refractivity contribution in [3.8, 4) is 57.4 Å². The fourth-order valence-corrected chi connectivity index (χ4v) is 15.2. The van der Waals surface area contributed by atoms with E-state index in [0.717, 1.165) is 33.9 Å². The minimum Gasteiger partial charge on any atom is -0.208 e. The summed E-state index contributed by atoms with van der Waals surface area (Å²) in [6, 6.07) is 50.0. The van der Waals surface area contributed by atoms with Crippen molar-refractivity contribution in [1.29, 1.82) is 10.5 Å². The first-order valence-electron chi connectivity index (χ1n) is 20.3. The summed E-state index contributed by atoms with van der Waals surface area (Å²) in [5.41, 5.74) is 9.85. The van der Waals surface area contributed by atoms with Gasteiger partial charge >= 0.3 is 0 Å². The molecule has 0 amide bonds. The Kier molecular flexibility index (Phi) is 7.41. The average Bonchev–Trinajstić information content (AvgIpc) is 3.48. The van der Waals surface area contributed by atoms with Crippen molar-refractivity contribution in [3.05, 3.63) is 150 Å². The van der Waals surface area contributed by atoms with Gasteiger partial charge in [0, 0.05) is 22.1 Å². The van der Waals surface area contributed by atoms with Gasteiger partial charge in [-0.1, -0.05) is 122 Å². The van der Waals surface area contributed by atoms with E-state index in [-0.39, 0.29) is 10.8 Å². The average molecular weight is 752 g/mol. The summed E-state index contributed by atoms with van der Waals surface area (Å²) in [5.74, 6) is 3.41. The Labute approximate surface area is 334 Å². The topological polar surface area (TPSA) is 86.2 Å². The summed E-state index contributed by atoms with van der Waals surface area (Å²) < 4.78 is 0. The normalized spacial score (nSPS) is 23.4. The molecule has 0 radical (unpaired) electrons. The Balaban J connectivity index is 0.978. The van der Waals surface area contributed by atoms with Crippen molar-refractivity contribution >= 4 is 29.2 Å². The van der Waals surface area contributed by atoms with E-state index in [0.29, 0.717) is 40.4 Å². The molecule has 6 aromatic carbocycles. The molecule has 0 spiro atoms. The smallest absolute Gasteiger partial charge is 0.164 e. The first-order chi connectivity index (χ1) is 27.8. The third-order valence-electron chi connectivity index (χ3n) is 14.2. The Morgan fingerprint density at radius 3 is 1.91 bits per heavy atom. The molecule has 7 aromatic rings. The maximum Gasteiger partial charge on any atom is 0.164 e. The highest BCUT2D eigenvalue weighted by Crippen LogP contribution is 2.66. The second-order valence-electron chi connectivity index (χ2n) is 17.8. The monoisotopic (exact) mass is 751 g/mol. The van der Waals surface area contributed by atoms with E-state index < -0.39 is 8.07 Å². The van der Waals surface area contributed by atoms with Gasteiger partial charge in [0.1, 0.15) is 8.07 Å². The van der Waals surface area contributed by atoms with Crippen molar-refractivity contribution in [1.82, 2.24) is 15.0 Å². The van der Waals surface area contributed by atoms with Gasteiger partial charge in [0.15, 0.2) is 17.5 Å². The predicted octanol–water partition coefficient (Wildman–Crippen LogP) is 10.4. The maximum absolute atomic E-state index is 10.0. The number of benzene rings is 6. The molecule has 1 aromatic heterocycles. The molecule has 57 heavy (non-hydrogen) atoms. The fourth-order valence-electron chi connectivity index (χ4n) is 12.1. The molecule has 4 aliphatic carbocycles. The lowest BCUT2D eigenvalue weighted by Crippen LogP contribution is -2.56. The van der Waals surface area contributed by atoms with Crippen LogP contribution in [-0.4, -0.2) is 23.0 Å². The van der Waals surface area contributed by atoms with E-state index >= 15 is 0 Å². The molecule has 4 fully saturated rings. The molecule has 12 rings (SSSR count). The highest BCUT2D eigenvalue weighted by Gasteiger charge is 2.59. The molecule has 5 aliphatic rings. The van der Waals surface area contributed by atoms with Crippen LogP contribution in [0.15, 0.2) is 127 Å². The lowest BCUT2D eigenvalue weighted by Gasteiger charge is -2.63. The van der Waals surface area contributed by atoms with Crippen LogP contribution in [0, 0.1) is 34.5 Å². The van der Waals surface area contributed by atoms with Crippen LogP contribution in [0.5, 0.6) is 0 Å². The van der Waals surface area contributed by atoms with Crippen LogP contribution in [0.4, 0.5) is 0 Å². The second-order valence-corrected chi connectivity index (χ2v) is 22.2. The lowest BCUT2D eigenvalue weighted by atomic mass is 9.41. The Hall–Kier alpha value is -6.21. The SMILES string of the molecule is C[Si]1(C)c2ccccc2-c2ccc(-c3nc(-c4ccccc4)nc(-c4ccc(C56CC7CC(C5)CC(c5ccc(C#N)c8cc(C#N)ccc58)(C7)C6)cc4)n3)cc21. The molecule has 1 aliphatic heterocycles. The first-order valence-corrected chi connectivity index (χ1v) is 23.3. The van der Waals surface area contributed by atoms with Crippen molar-refractivity contribution in [2.24, 2.45) is 11.8 Å². The van der Waals surface area contributed by atoms with Gasteiger partial charge in [0.05, 0.1) is 23.3 Å². The molecule has 0 saturated heterocycles. The molecule has 2 heterocycles. The number of hydrogen-bond donors (Lipinski definition) is 0. The van der Waals surface area contributed by atoms with E-state index in [1.165, 1.54) is 64.7 Å². The summed E-state index contributed by atoms with van der Waals surface area (Å²) in [4.78, 5) is 15.4. The van der Waals surface area contributed by atoms with Crippen LogP contribution in [0.25, 0.3) is 56.1 Å². The summed E-state index contributed by atoms with van der Waals surface area (Å²) in [5, 5.41) is 24.6. The number of aromatic nitrogens is 3. The van der Waals surface area contributed by atoms with Gasteiger partial charge in [-0.2, -0.15) is 10.5 Å². The van der Waals surface area contributed by atoms with Crippen molar-refractivity contribution in [2.45, 2.75) is 62.4 Å². The van der Waals surface area contributed by atoms with Gasteiger partial charge in [-0.05, 0) is 117 Å². The summed E-state index contributed by atoms with van der Waals surface area (Å²) in [6.07, 6.45) is 7.21. The van der Waals surface area contributed by atoms with E-state index in [2.05, 4.69) is 116 Å². The lowest BCUT2D eigenvalue weighted by molar-refractivity contribution is -0.0275.